The standard InChI is InChI=1S/C20H30N4O/c1-5-24-18-11-7-6-10-17(18)21-19(24)14-23-12-8-9-16(13-23)20(25)22(4)15(2)3/h6-7,10-11,15-16H,5,8-9,12-14H2,1-4H3/t16-/m1/s1. The van der Waals surface area contributed by atoms with Gasteiger partial charge in [-0.05, 0) is 52.3 Å². The number of hydrogen-bond acceptors (Lipinski definition) is 3. The Hall–Kier alpha value is -1.88. The van der Waals surface area contributed by atoms with E-state index in [1.807, 2.05) is 18.0 Å². The fraction of sp³-hybridized carbons (Fsp3) is 0.600. The highest BCUT2D eigenvalue weighted by Gasteiger charge is 2.29. The average molecular weight is 342 g/mol. The highest BCUT2D eigenvalue weighted by molar-refractivity contribution is 5.79. The lowest BCUT2D eigenvalue weighted by Gasteiger charge is -2.34. The van der Waals surface area contributed by atoms with Crippen LogP contribution in [0.3, 0.4) is 0 Å². The molecule has 1 saturated heterocycles. The number of fused-ring (bicyclic) bond motifs is 1. The molecule has 136 valence electrons. The molecule has 1 aromatic heterocycles. The maximum absolute atomic E-state index is 12.7. The number of para-hydroxylation sites is 2. The van der Waals surface area contributed by atoms with Crippen molar-refractivity contribution in [2.75, 3.05) is 20.1 Å². The van der Waals surface area contributed by atoms with Gasteiger partial charge in [0.25, 0.3) is 0 Å². The summed E-state index contributed by atoms with van der Waals surface area (Å²) >= 11 is 0. The summed E-state index contributed by atoms with van der Waals surface area (Å²) in [6.07, 6.45) is 2.07. The number of carbonyl (C=O) groups excluding carboxylic acids is 1. The van der Waals surface area contributed by atoms with Gasteiger partial charge in [0, 0.05) is 26.2 Å². The second kappa shape index (κ2) is 7.56. The molecule has 0 aliphatic carbocycles. The summed E-state index contributed by atoms with van der Waals surface area (Å²) in [5.74, 6) is 1.50. The first-order chi connectivity index (χ1) is 12.0. The molecule has 1 amide bonds. The van der Waals surface area contributed by atoms with Gasteiger partial charge in [-0.25, -0.2) is 4.98 Å². The van der Waals surface area contributed by atoms with Crippen molar-refractivity contribution < 1.29 is 4.79 Å². The number of aromatic nitrogens is 2. The number of rotatable bonds is 5. The molecular weight excluding hydrogens is 312 g/mol. The normalized spacial score (nSPS) is 18.8. The van der Waals surface area contributed by atoms with Gasteiger partial charge in [0.05, 0.1) is 23.5 Å². The van der Waals surface area contributed by atoms with E-state index in [0.29, 0.717) is 0 Å². The third-order valence-electron chi connectivity index (χ3n) is 5.39. The van der Waals surface area contributed by atoms with Crippen molar-refractivity contribution in [3.05, 3.63) is 30.1 Å². The Morgan fingerprint density at radius 2 is 2.12 bits per heavy atom. The molecule has 5 heteroatoms. The zero-order valence-electron chi connectivity index (χ0n) is 15.9. The molecule has 0 unspecified atom stereocenters. The van der Waals surface area contributed by atoms with Gasteiger partial charge in [-0.2, -0.15) is 0 Å². The van der Waals surface area contributed by atoms with Crippen LogP contribution in [0.4, 0.5) is 0 Å². The number of aryl methyl sites for hydroxylation is 1. The van der Waals surface area contributed by atoms with Crippen molar-refractivity contribution in [2.45, 2.75) is 52.7 Å². The van der Waals surface area contributed by atoms with Gasteiger partial charge in [-0.3, -0.25) is 9.69 Å². The smallest absolute Gasteiger partial charge is 0.226 e. The molecule has 3 rings (SSSR count). The maximum atomic E-state index is 12.7. The minimum absolute atomic E-state index is 0.112. The van der Waals surface area contributed by atoms with Crippen LogP contribution in [0.1, 0.15) is 39.4 Å². The van der Waals surface area contributed by atoms with E-state index < -0.39 is 0 Å². The number of benzene rings is 1. The van der Waals surface area contributed by atoms with E-state index in [4.69, 9.17) is 4.98 Å². The fourth-order valence-electron chi connectivity index (χ4n) is 3.74. The van der Waals surface area contributed by atoms with Crippen LogP contribution in [0.2, 0.25) is 0 Å². The van der Waals surface area contributed by atoms with Crippen molar-refractivity contribution in [3.63, 3.8) is 0 Å². The SMILES string of the molecule is CCn1c(CN2CCC[C@@H](C(=O)N(C)C(C)C)C2)nc2ccccc21. The lowest BCUT2D eigenvalue weighted by molar-refractivity contribution is -0.137. The highest BCUT2D eigenvalue weighted by atomic mass is 16.2. The first kappa shape index (κ1) is 17.9. The lowest BCUT2D eigenvalue weighted by atomic mass is 9.96. The molecule has 1 aromatic carbocycles. The van der Waals surface area contributed by atoms with E-state index in [1.54, 1.807) is 0 Å². The van der Waals surface area contributed by atoms with Crippen molar-refractivity contribution in [2.24, 2.45) is 5.92 Å². The summed E-state index contributed by atoms with van der Waals surface area (Å²) in [5.41, 5.74) is 2.26. The number of nitrogens with zero attached hydrogens (tertiary/aromatic N) is 4. The quantitative estimate of drug-likeness (QED) is 0.838. The zero-order valence-corrected chi connectivity index (χ0v) is 15.9. The summed E-state index contributed by atoms with van der Waals surface area (Å²) in [4.78, 5) is 21.8. The van der Waals surface area contributed by atoms with E-state index in [2.05, 4.69) is 48.4 Å². The van der Waals surface area contributed by atoms with Gasteiger partial charge in [0.15, 0.2) is 0 Å². The summed E-state index contributed by atoms with van der Waals surface area (Å²) in [5, 5.41) is 0. The molecule has 2 aromatic rings. The Morgan fingerprint density at radius 1 is 1.36 bits per heavy atom. The van der Waals surface area contributed by atoms with Crippen LogP contribution in [-0.2, 0) is 17.9 Å². The number of likely N-dealkylation sites (tertiary alicyclic amines) is 1. The summed E-state index contributed by atoms with van der Waals surface area (Å²) in [6, 6.07) is 8.57. The van der Waals surface area contributed by atoms with E-state index in [9.17, 15) is 4.79 Å². The van der Waals surface area contributed by atoms with Gasteiger partial charge in [-0.1, -0.05) is 12.1 Å². The molecule has 0 N–H and O–H groups in total. The van der Waals surface area contributed by atoms with E-state index in [1.165, 1.54) is 5.52 Å². The van der Waals surface area contributed by atoms with Crippen LogP contribution in [-0.4, -0.2) is 51.4 Å². The predicted molar refractivity (Wildman–Crippen MR) is 101 cm³/mol. The Kier molecular flexibility index (Phi) is 5.42. The number of imidazole rings is 1. The monoisotopic (exact) mass is 342 g/mol. The number of hydrogen-bond donors (Lipinski definition) is 0. The van der Waals surface area contributed by atoms with Crippen molar-refractivity contribution >= 4 is 16.9 Å². The van der Waals surface area contributed by atoms with Crippen LogP contribution in [0.25, 0.3) is 11.0 Å². The maximum Gasteiger partial charge on any atom is 0.226 e. The molecule has 0 bridgehead atoms. The van der Waals surface area contributed by atoms with Crippen molar-refractivity contribution in [1.29, 1.82) is 0 Å². The largest absolute Gasteiger partial charge is 0.343 e. The molecule has 1 atom stereocenters. The van der Waals surface area contributed by atoms with Gasteiger partial charge in [0.1, 0.15) is 5.82 Å². The van der Waals surface area contributed by atoms with Gasteiger partial charge >= 0.3 is 0 Å². The number of piperidine rings is 1. The van der Waals surface area contributed by atoms with Gasteiger partial charge < -0.3 is 9.47 Å². The summed E-state index contributed by atoms with van der Waals surface area (Å²) < 4.78 is 2.29. The Labute approximate surface area is 150 Å². The molecular formula is C20H30N4O. The lowest BCUT2D eigenvalue weighted by Crippen LogP contribution is -2.45. The van der Waals surface area contributed by atoms with E-state index in [0.717, 1.165) is 50.4 Å². The molecule has 0 spiro atoms. The molecule has 0 radical (unpaired) electrons. The predicted octanol–water partition coefficient (Wildman–Crippen LogP) is 3.14. The molecule has 2 heterocycles. The van der Waals surface area contributed by atoms with Gasteiger partial charge in [-0.15, -0.1) is 0 Å². The molecule has 0 saturated carbocycles. The topological polar surface area (TPSA) is 41.4 Å². The molecule has 1 aliphatic rings. The summed E-state index contributed by atoms with van der Waals surface area (Å²) in [6.45, 7) is 9.92. The second-order valence-electron chi connectivity index (χ2n) is 7.38. The fourth-order valence-corrected chi connectivity index (χ4v) is 3.74. The van der Waals surface area contributed by atoms with Crippen LogP contribution >= 0.6 is 0 Å². The van der Waals surface area contributed by atoms with Crippen molar-refractivity contribution in [1.82, 2.24) is 19.4 Å². The Balaban J connectivity index is 1.74. The molecule has 25 heavy (non-hydrogen) atoms. The van der Waals surface area contributed by atoms with E-state index in [-0.39, 0.29) is 17.9 Å². The minimum Gasteiger partial charge on any atom is -0.343 e. The first-order valence-electron chi connectivity index (χ1n) is 9.44. The zero-order chi connectivity index (χ0) is 18.0. The molecule has 1 aliphatic heterocycles. The van der Waals surface area contributed by atoms with Crippen LogP contribution in [0.15, 0.2) is 24.3 Å². The number of carbonyl (C=O) groups is 1. The van der Waals surface area contributed by atoms with Crippen molar-refractivity contribution in [3.8, 4) is 0 Å². The number of amides is 1. The third kappa shape index (κ3) is 3.71. The molecule has 1 fully saturated rings. The highest BCUT2D eigenvalue weighted by Crippen LogP contribution is 2.23. The second-order valence-corrected chi connectivity index (χ2v) is 7.38. The first-order valence-corrected chi connectivity index (χ1v) is 9.44. The molecule has 5 nitrogen and oxygen atoms in total. The van der Waals surface area contributed by atoms with E-state index >= 15 is 0 Å². The van der Waals surface area contributed by atoms with Crippen LogP contribution < -0.4 is 0 Å². The third-order valence-corrected chi connectivity index (χ3v) is 5.39. The van der Waals surface area contributed by atoms with Crippen LogP contribution in [0, 0.1) is 5.92 Å². The minimum atomic E-state index is 0.112. The van der Waals surface area contributed by atoms with Gasteiger partial charge in [0.2, 0.25) is 5.91 Å². The Bertz CT molecular complexity index is 736. The van der Waals surface area contributed by atoms with Crippen LogP contribution in [0.5, 0.6) is 0 Å². The average Bonchev–Trinajstić information content (AvgIpc) is 2.97. The summed E-state index contributed by atoms with van der Waals surface area (Å²) in [7, 11) is 1.92. The Morgan fingerprint density at radius 3 is 2.84 bits per heavy atom.